The van der Waals surface area contributed by atoms with Crippen LogP contribution >= 0.6 is 23.1 Å². The number of methoxy groups -OCH3 is 1. The van der Waals surface area contributed by atoms with E-state index in [9.17, 15) is 9.59 Å². The van der Waals surface area contributed by atoms with Crippen molar-refractivity contribution in [1.29, 1.82) is 0 Å². The molecule has 34 heavy (non-hydrogen) atoms. The molecule has 2 heterocycles. The van der Waals surface area contributed by atoms with Gasteiger partial charge in [0.05, 0.1) is 19.4 Å². The van der Waals surface area contributed by atoms with Gasteiger partial charge >= 0.3 is 0 Å². The summed E-state index contributed by atoms with van der Waals surface area (Å²) >= 11 is 2.97. The van der Waals surface area contributed by atoms with Gasteiger partial charge in [-0.3, -0.25) is 14.2 Å². The normalized spacial score (nSPS) is 10.6. The molecule has 0 aliphatic heterocycles. The molecular weight excluding hydrogens is 468 g/mol. The summed E-state index contributed by atoms with van der Waals surface area (Å²) in [5.74, 6) is 0.836. The molecule has 0 aliphatic rings. The van der Waals surface area contributed by atoms with Gasteiger partial charge in [0.1, 0.15) is 5.75 Å². The molecule has 0 saturated carbocycles. The molecule has 4 rings (SSSR count). The molecule has 7 nitrogen and oxygen atoms in total. The molecule has 2 amide bonds. The van der Waals surface area contributed by atoms with Crippen molar-refractivity contribution in [3.8, 4) is 11.4 Å². The summed E-state index contributed by atoms with van der Waals surface area (Å²) in [7, 11) is 1.62. The zero-order valence-electron chi connectivity index (χ0n) is 18.6. The van der Waals surface area contributed by atoms with Crippen LogP contribution in [0.2, 0.25) is 0 Å². The van der Waals surface area contributed by atoms with Gasteiger partial charge in [0, 0.05) is 35.1 Å². The van der Waals surface area contributed by atoms with E-state index in [1.807, 2.05) is 64.7 Å². The van der Waals surface area contributed by atoms with Crippen molar-refractivity contribution in [3.05, 3.63) is 94.4 Å². The van der Waals surface area contributed by atoms with Gasteiger partial charge in [0.2, 0.25) is 5.91 Å². The maximum atomic E-state index is 12.4. The third-order valence-corrected chi connectivity index (χ3v) is 6.84. The van der Waals surface area contributed by atoms with Crippen LogP contribution in [0, 0.1) is 0 Å². The van der Waals surface area contributed by atoms with E-state index in [2.05, 4.69) is 15.6 Å². The highest BCUT2D eigenvalue weighted by Gasteiger charge is 2.11. The molecule has 2 aromatic carbocycles. The first-order chi connectivity index (χ1) is 16.6. The van der Waals surface area contributed by atoms with Crippen molar-refractivity contribution < 1.29 is 14.3 Å². The largest absolute Gasteiger partial charge is 0.497 e. The Labute approximate surface area is 206 Å². The standard InChI is InChI=1S/C25H24N4O3S2/c1-32-21-10-4-18(5-11-21)15-27-23(30)17-34-25-26-12-13-29(25)20-8-6-19(7-9-20)24(31)28-16-22-3-2-14-33-22/h2-14H,15-17H2,1H3,(H,27,30)(H,28,31). The van der Waals surface area contributed by atoms with Crippen molar-refractivity contribution in [1.82, 2.24) is 20.2 Å². The molecule has 0 fully saturated rings. The monoisotopic (exact) mass is 492 g/mol. The number of carbonyl (C=O) groups is 2. The molecule has 0 atom stereocenters. The second kappa shape index (κ2) is 11.5. The molecule has 0 radical (unpaired) electrons. The smallest absolute Gasteiger partial charge is 0.251 e. The van der Waals surface area contributed by atoms with Crippen LogP contribution in [0.15, 0.2) is 83.6 Å². The average molecular weight is 493 g/mol. The van der Waals surface area contributed by atoms with Crippen LogP contribution in [0.25, 0.3) is 5.69 Å². The summed E-state index contributed by atoms with van der Waals surface area (Å²) in [4.78, 5) is 30.2. The summed E-state index contributed by atoms with van der Waals surface area (Å²) in [5, 5.41) is 8.54. The van der Waals surface area contributed by atoms with Crippen LogP contribution in [0.5, 0.6) is 5.75 Å². The van der Waals surface area contributed by atoms with E-state index < -0.39 is 0 Å². The number of ether oxygens (including phenoxy) is 1. The average Bonchev–Trinajstić information content (AvgIpc) is 3.57. The lowest BCUT2D eigenvalue weighted by atomic mass is 10.2. The van der Waals surface area contributed by atoms with Crippen LogP contribution in [-0.4, -0.2) is 34.2 Å². The number of hydrogen-bond donors (Lipinski definition) is 2. The first-order valence-electron chi connectivity index (χ1n) is 10.6. The van der Waals surface area contributed by atoms with Crippen LogP contribution in [0.3, 0.4) is 0 Å². The Kier molecular flexibility index (Phi) is 8.00. The quantitative estimate of drug-likeness (QED) is 0.323. The zero-order chi connectivity index (χ0) is 23.8. The Bertz CT molecular complexity index is 1220. The molecule has 2 aromatic heterocycles. The number of carbonyl (C=O) groups excluding carboxylic acids is 2. The van der Waals surface area contributed by atoms with Crippen molar-refractivity contribution in [3.63, 3.8) is 0 Å². The Morgan fingerprint density at radius 3 is 2.53 bits per heavy atom. The van der Waals surface area contributed by atoms with Crippen LogP contribution in [0.4, 0.5) is 0 Å². The van der Waals surface area contributed by atoms with Crippen LogP contribution < -0.4 is 15.4 Å². The van der Waals surface area contributed by atoms with Crippen molar-refractivity contribution in [2.45, 2.75) is 18.2 Å². The lowest BCUT2D eigenvalue weighted by molar-refractivity contribution is -0.118. The van der Waals surface area contributed by atoms with E-state index in [4.69, 9.17) is 4.74 Å². The van der Waals surface area contributed by atoms with E-state index in [-0.39, 0.29) is 17.6 Å². The highest BCUT2D eigenvalue weighted by molar-refractivity contribution is 7.99. The van der Waals surface area contributed by atoms with Gasteiger partial charge in [-0.2, -0.15) is 0 Å². The van der Waals surface area contributed by atoms with E-state index in [0.29, 0.717) is 23.8 Å². The van der Waals surface area contributed by atoms with Gasteiger partial charge in [-0.05, 0) is 53.4 Å². The second-order valence-electron chi connectivity index (χ2n) is 7.30. The number of benzene rings is 2. The number of rotatable bonds is 10. The van der Waals surface area contributed by atoms with Gasteiger partial charge < -0.3 is 15.4 Å². The highest BCUT2D eigenvalue weighted by atomic mass is 32.2. The number of thioether (sulfide) groups is 1. The van der Waals surface area contributed by atoms with Crippen LogP contribution in [-0.2, 0) is 17.9 Å². The molecule has 0 bridgehead atoms. The lowest BCUT2D eigenvalue weighted by Gasteiger charge is -2.09. The van der Waals surface area contributed by atoms with Gasteiger partial charge in [-0.25, -0.2) is 4.98 Å². The molecule has 0 unspecified atom stereocenters. The first-order valence-corrected chi connectivity index (χ1v) is 12.5. The number of amides is 2. The Balaban J connectivity index is 1.29. The number of hydrogen-bond acceptors (Lipinski definition) is 6. The third kappa shape index (κ3) is 6.27. The summed E-state index contributed by atoms with van der Waals surface area (Å²) in [6.07, 6.45) is 3.53. The van der Waals surface area contributed by atoms with E-state index in [1.165, 1.54) is 11.8 Å². The van der Waals surface area contributed by atoms with Gasteiger partial charge in [-0.15, -0.1) is 11.3 Å². The van der Waals surface area contributed by atoms with E-state index in [1.54, 1.807) is 36.8 Å². The SMILES string of the molecule is COc1ccc(CNC(=O)CSc2nccn2-c2ccc(C(=O)NCc3cccs3)cc2)cc1. The fourth-order valence-corrected chi connectivity index (χ4v) is 4.62. The Hall–Kier alpha value is -3.56. The molecule has 0 aliphatic carbocycles. The minimum absolute atomic E-state index is 0.0758. The summed E-state index contributed by atoms with van der Waals surface area (Å²) in [5.41, 5.74) is 2.46. The fraction of sp³-hybridized carbons (Fsp3) is 0.160. The molecule has 4 aromatic rings. The number of nitrogens with one attached hydrogen (secondary N) is 2. The first kappa shape index (κ1) is 23.6. The summed E-state index contributed by atoms with van der Waals surface area (Å²) < 4.78 is 7.04. The number of thiophene rings is 1. The maximum absolute atomic E-state index is 12.4. The summed E-state index contributed by atoms with van der Waals surface area (Å²) in [6.45, 7) is 0.967. The van der Waals surface area contributed by atoms with Crippen LogP contribution in [0.1, 0.15) is 20.8 Å². The zero-order valence-corrected chi connectivity index (χ0v) is 20.2. The van der Waals surface area contributed by atoms with Gasteiger partial charge in [-0.1, -0.05) is 30.0 Å². The molecule has 9 heteroatoms. The van der Waals surface area contributed by atoms with E-state index in [0.717, 1.165) is 21.9 Å². The maximum Gasteiger partial charge on any atom is 0.251 e. The number of imidazole rings is 1. The number of aromatic nitrogens is 2. The van der Waals surface area contributed by atoms with E-state index >= 15 is 0 Å². The topological polar surface area (TPSA) is 85.2 Å². The summed E-state index contributed by atoms with van der Waals surface area (Å²) in [6, 6.07) is 18.8. The number of nitrogens with zero attached hydrogens (tertiary/aromatic N) is 2. The van der Waals surface area contributed by atoms with Gasteiger partial charge in [0.25, 0.3) is 5.91 Å². The molecule has 2 N–H and O–H groups in total. The molecule has 0 spiro atoms. The fourth-order valence-electron chi connectivity index (χ4n) is 3.17. The van der Waals surface area contributed by atoms with Crippen molar-refractivity contribution in [2.24, 2.45) is 0 Å². The van der Waals surface area contributed by atoms with Gasteiger partial charge in [0.15, 0.2) is 5.16 Å². The second-order valence-corrected chi connectivity index (χ2v) is 9.28. The minimum atomic E-state index is -0.117. The Morgan fingerprint density at radius 2 is 1.82 bits per heavy atom. The third-order valence-electron chi connectivity index (χ3n) is 5.00. The molecule has 174 valence electrons. The predicted octanol–water partition coefficient (Wildman–Crippen LogP) is 4.28. The van der Waals surface area contributed by atoms with Crippen molar-refractivity contribution >= 4 is 34.9 Å². The molecular formula is C25H24N4O3S2. The highest BCUT2D eigenvalue weighted by Crippen LogP contribution is 2.21. The predicted molar refractivity (Wildman–Crippen MR) is 135 cm³/mol. The van der Waals surface area contributed by atoms with Crippen molar-refractivity contribution in [2.75, 3.05) is 12.9 Å². The lowest BCUT2D eigenvalue weighted by Crippen LogP contribution is -2.24. The Morgan fingerprint density at radius 1 is 1.03 bits per heavy atom. The molecule has 0 saturated heterocycles. The minimum Gasteiger partial charge on any atom is -0.497 e.